The topological polar surface area (TPSA) is 61.0 Å². The molecule has 18 heavy (non-hydrogen) atoms. The van der Waals surface area contributed by atoms with Crippen molar-refractivity contribution in [2.75, 3.05) is 24.5 Å². The molecule has 0 aliphatic carbocycles. The van der Waals surface area contributed by atoms with Gasteiger partial charge in [-0.15, -0.1) is 0 Å². The van der Waals surface area contributed by atoms with Crippen molar-refractivity contribution in [1.82, 2.24) is 15.3 Å². The molecule has 1 saturated heterocycles. The molecule has 0 unspecified atom stereocenters. The number of H-pyrrole nitrogens is 1. The van der Waals surface area contributed by atoms with E-state index in [0.717, 1.165) is 31.3 Å². The van der Waals surface area contributed by atoms with Crippen molar-refractivity contribution in [2.45, 2.75) is 33.2 Å². The minimum absolute atomic E-state index is 0.0618. The zero-order chi connectivity index (χ0) is 13.0. The molecular formula is C13H22N4O. The van der Waals surface area contributed by atoms with E-state index in [1.165, 1.54) is 12.8 Å². The lowest BCUT2D eigenvalue weighted by atomic mass is 10.2. The van der Waals surface area contributed by atoms with Crippen LogP contribution in [0.3, 0.4) is 0 Å². The van der Waals surface area contributed by atoms with E-state index in [1.54, 1.807) is 6.07 Å². The molecule has 1 aromatic heterocycles. The van der Waals surface area contributed by atoms with Crippen LogP contribution in [0.4, 0.5) is 5.95 Å². The Labute approximate surface area is 108 Å². The average molecular weight is 250 g/mol. The van der Waals surface area contributed by atoms with Gasteiger partial charge in [-0.05, 0) is 25.3 Å². The van der Waals surface area contributed by atoms with Crippen LogP contribution < -0.4 is 15.8 Å². The molecule has 0 saturated carbocycles. The van der Waals surface area contributed by atoms with Crippen LogP contribution in [0.1, 0.15) is 32.4 Å². The fourth-order valence-corrected chi connectivity index (χ4v) is 2.15. The summed E-state index contributed by atoms with van der Waals surface area (Å²) >= 11 is 0. The Kier molecular flexibility index (Phi) is 4.36. The van der Waals surface area contributed by atoms with Gasteiger partial charge >= 0.3 is 0 Å². The van der Waals surface area contributed by atoms with Gasteiger partial charge in [-0.1, -0.05) is 13.8 Å². The second-order valence-electron chi connectivity index (χ2n) is 5.28. The number of aromatic nitrogens is 2. The van der Waals surface area contributed by atoms with Crippen LogP contribution in [0.2, 0.25) is 0 Å². The molecule has 1 aliphatic heterocycles. The van der Waals surface area contributed by atoms with E-state index in [1.807, 2.05) is 0 Å². The van der Waals surface area contributed by atoms with E-state index >= 15 is 0 Å². The lowest BCUT2D eigenvalue weighted by Crippen LogP contribution is -2.26. The van der Waals surface area contributed by atoms with Gasteiger partial charge in [-0.2, -0.15) is 0 Å². The maximum Gasteiger partial charge on any atom is 0.252 e. The minimum Gasteiger partial charge on any atom is -0.342 e. The number of hydrogen-bond donors (Lipinski definition) is 2. The van der Waals surface area contributed by atoms with Crippen LogP contribution in [0, 0.1) is 5.92 Å². The molecule has 1 fully saturated rings. The first kappa shape index (κ1) is 13.1. The van der Waals surface area contributed by atoms with Crippen LogP contribution in [-0.2, 0) is 6.54 Å². The third kappa shape index (κ3) is 3.57. The van der Waals surface area contributed by atoms with Gasteiger partial charge < -0.3 is 10.2 Å². The Morgan fingerprint density at radius 1 is 1.44 bits per heavy atom. The standard InChI is InChI=1S/C13H22N4O/c1-10(2)8-14-9-11-7-12(18)16-13(15-11)17-5-3-4-6-17/h7,10,14H,3-6,8-9H2,1-2H3,(H,15,16,18). The van der Waals surface area contributed by atoms with Crippen molar-refractivity contribution >= 4 is 5.95 Å². The molecular weight excluding hydrogens is 228 g/mol. The molecule has 1 aliphatic rings. The summed E-state index contributed by atoms with van der Waals surface area (Å²) in [6.45, 7) is 7.90. The molecule has 0 aromatic carbocycles. The van der Waals surface area contributed by atoms with E-state index < -0.39 is 0 Å². The fourth-order valence-electron chi connectivity index (χ4n) is 2.15. The first-order chi connectivity index (χ1) is 8.65. The van der Waals surface area contributed by atoms with E-state index in [9.17, 15) is 4.79 Å². The summed E-state index contributed by atoms with van der Waals surface area (Å²) in [4.78, 5) is 21.1. The van der Waals surface area contributed by atoms with Gasteiger partial charge in [0, 0.05) is 25.7 Å². The molecule has 5 nitrogen and oxygen atoms in total. The van der Waals surface area contributed by atoms with E-state index in [0.29, 0.717) is 12.5 Å². The number of anilines is 1. The predicted molar refractivity (Wildman–Crippen MR) is 72.8 cm³/mol. The fraction of sp³-hybridized carbons (Fsp3) is 0.692. The van der Waals surface area contributed by atoms with Crippen LogP contribution in [-0.4, -0.2) is 29.6 Å². The SMILES string of the molecule is CC(C)CNCc1cc(=O)[nH]c(N2CCCC2)n1. The maximum absolute atomic E-state index is 11.6. The molecule has 5 heteroatoms. The summed E-state index contributed by atoms with van der Waals surface area (Å²) in [5.74, 6) is 1.33. The highest BCUT2D eigenvalue weighted by atomic mass is 16.1. The lowest BCUT2D eigenvalue weighted by molar-refractivity contribution is 0.547. The highest BCUT2D eigenvalue weighted by Crippen LogP contribution is 2.14. The van der Waals surface area contributed by atoms with Gasteiger partial charge in [-0.25, -0.2) is 4.98 Å². The molecule has 2 rings (SSSR count). The second kappa shape index (κ2) is 6.00. The Morgan fingerprint density at radius 2 is 2.17 bits per heavy atom. The van der Waals surface area contributed by atoms with Crippen LogP contribution in [0.5, 0.6) is 0 Å². The highest BCUT2D eigenvalue weighted by Gasteiger charge is 2.15. The van der Waals surface area contributed by atoms with Gasteiger partial charge in [0.2, 0.25) is 5.95 Å². The molecule has 0 atom stereocenters. The number of nitrogens with zero attached hydrogens (tertiary/aromatic N) is 2. The molecule has 2 heterocycles. The zero-order valence-corrected chi connectivity index (χ0v) is 11.2. The molecule has 2 N–H and O–H groups in total. The highest BCUT2D eigenvalue weighted by molar-refractivity contribution is 5.31. The van der Waals surface area contributed by atoms with Crippen LogP contribution in [0.25, 0.3) is 0 Å². The third-order valence-electron chi connectivity index (χ3n) is 3.05. The third-order valence-corrected chi connectivity index (χ3v) is 3.05. The van der Waals surface area contributed by atoms with Gasteiger partial charge in [0.05, 0.1) is 5.69 Å². The first-order valence-electron chi connectivity index (χ1n) is 6.71. The maximum atomic E-state index is 11.6. The van der Waals surface area contributed by atoms with Crippen molar-refractivity contribution in [2.24, 2.45) is 5.92 Å². The Hall–Kier alpha value is -1.36. The van der Waals surface area contributed by atoms with E-state index in [2.05, 4.69) is 34.0 Å². The molecule has 100 valence electrons. The lowest BCUT2D eigenvalue weighted by Gasteiger charge is -2.16. The van der Waals surface area contributed by atoms with Crippen molar-refractivity contribution in [3.63, 3.8) is 0 Å². The molecule has 1 aromatic rings. The number of nitrogens with one attached hydrogen (secondary N) is 2. The summed E-state index contributed by atoms with van der Waals surface area (Å²) in [6.07, 6.45) is 2.36. The van der Waals surface area contributed by atoms with Crippen molar-refractivity contribution in [3.8, 4) is 0 Å². The van der Waals surface area contributed by atoms with Gasteiger partial charge in [0.1, 0.15) is 0 Å². The number of aromatic amines is 1. The van der Waals surface area contributed by atoms with E-state index in [-0.39, 0.29) is 5.56 Å². The zero-order valence-electron chi connectivity index (χ0n) is 11.2. The summed E-state index contributed by atoms with van der Waals surface area (Å²) in [6, 6.07) is 1.58. The average Bonchev–Trinajstić information content (AvgIpc) is 2.81. The smallest absolute Gasteiger partial charge is 0.252 e. The van der Waals surface area contributed by atoms with Crippen molar-refractivity contribution in [1.29, 1.82) is 0 Å². The normalized spacial score (nSPS) is 15.6. The molecule has 0 bridgehead atoms. The van der Waals surface area contributed by atoms with Crippen LogP contribution in [0.15, 0.2) is 10.9 Å². The second-order valence-corrected chi connectivity index (χ2v) is 5.28. The first-order valence-corrected chi connectivity index (χ1v) is 6.71. The van der Waals surface area contributed by atoms with Crippen molar-refractivity contribution in [3.05, 3.63) is 22.1 Å². The van der Waals surface area contributed by atoms with Gasteiger partial charge in [0.15, 0.2) is 0 Å². The van der Waals surface area contributed by atoms with Gasteiger partial charge in [0.25, 0.3) is 5.56 Å². The Bertz CT molecular complexity index is 435. The summed E-state index contributed by atoms with van der Waals surface area (Å²) in [7, 11) is 0. The quantitative estimate of drug-likeness (QED) is 0.822. The predicted octanol–water partition coefficient (Wildman–Crippen LogP) is 1.12. The Morgan fingerprint density at radius 3 is 2.83 bits per heavy atom. The largest absolute Gasteiger partial charge is 0.342 e. The van der Waals surface area contributed by atoms with Gasteiger partial charge in [-0.3, -0.25) is 9.78 Å². The molecule has 0 spiro atoms. The number of rotatable bonds is 5. The van der Waals surface area contributed by atoms with Crippen molar-refractivity contribution < 1.29 is 0 Å². The number of hydrogen-bond acceptors (Lipinski definition) is 4. The van der Waals surface area contributed by atoms with Crippen LogP contribution >= 0.6 is 0 Å². The summed E-state index contributed by atoms with van der Waals surface area (Å²) < 4.78 is 0. The monoisotopic (exact) mass is 250 g/mol. The summed E-state index contributed by atoms with van der Waals surface area (Å²) in [5.41, 5.74) is 0.759. The minimum atomic E-state index is -0.0618. The Balaban J connectivity index is 2.04. The summed E-state index contributed by atoms with van der Waals surface area (Å²) in [5, 5.41) is 3.31. The molecule has 0 radical (unpaired) electrons. The van der Waals surface area contributed by atoms with E-state index in [4.69, 9.17) is 0 Å². The molecule has 0 amide bonds.